The Morgan fingerprint density at radius 3 is 2.47 bits per heavy atom. The van der Waals surface area contributed by atoms with Gasteiger partial charge in [-0.2, -0.15) is 0 Å². The van der Waals surface area contributed by atoms with Crippen molar-refractivity contribution in [2.75, 3.05) is 24.8 Å². The average molecular weight is 256 g/mol. The Hall–Kier alpha value is -2.49. The molecule has 0 bridgehead atoms. The lowest BCUT2D eigenvalue weighted by Crippen LogP contribution is -2.26. The van der Waals surface area contributed by atoms with E-state index in [1.54, 1.807) is 30.1 Å². The number of hydrogen-bond acceptors (Lipinski definition) is 3. The van der Waals surface area contributed by atoms with Crippen molar-refractivity contribution in [3.8, 4) is 5.75 Å². The molecule has 0 aromatic heterocycles. The summed E-state index contributed by atoms with van der Waals surface area (Å²) < 4.78 is 5.13. The molecule has 1 amide bonds. The second-order valence-corrected chi connectivity index (χ2v) is 4.16. The van der Waals surface area contributed by atoms with Crippen LogP contribution in [-0.2, 0) is 0 Å². The molecule has 0 fully saturated rings. The van der Waals surface area contributed by atoms with Crippen LogP contribution in [0.15, 0.2) is 48.5 Å². The zero-order chi connectivity index (χ0) is 13.8. The second kappa shape index (κ2) is 5.44. The minimum Gasteiger partial charge on any atom is -0.495 e. The zero-order valence-electron chi connectivity index (χ0n) is 11.0. The summed E-state index contributed by atoms with van der Waals surface area (Å²) in [6.45, 7) is 0. The Balaban J connectivity index is 2.29. The highest BCUT2D eigenvalue weighted by Crippen LogP contribution is 2.24. The van der Waals surface area contributed by atoms with Gasteiger partial charge < -0.3 is 15.4 Å². The summed E-state index contributed by atoms with van der Waals surface area (Å²) in [6.07, 6.45) is 0. The lowest BCUT2D eigenvalue weighted by molar-refractivity contribution is 0.0992. The summed E-state index contributed by atoms with van der Waals surface area (Å²) in [4.78, 5) is 13.9. The third kappa shape index (κ3) is 2.68. The largest absolute Gasteiger partial charge is 0.495 e. The maximum absolute atomic E-state index is 12.4. The topological polar surface area (TPSA) is 55.6 Å². The van der Waals surface area contributed by atoms with Crippen molar-refractivity contribution in [1.82, 2.24) is 0 Å². The number of rotatable bonds is 3. The summed E-state index contributed by atoms with van der Waals surface area (Å²) in [6, 6.07) is 14.5. The highest BCUT2D eigenvalue weighted by molar-refractivity contribution is 6.06. The fraction of sp³-hybridized carbons (Fsp3) is 0.133. The van der Waals surface area contributed by atoms with Crippen LogP contribution in [0.2, 0.25) is 0 Å². The highest BCUT2D eigenvalue weighted by atomic mass is 16.5. The van der Waals surface area contributed by atoms with E-state index in [2.05, 4.69) is 0 Å². The molecule has 4 nitrogen and oxygen atoms in total. The van der Waals surface area contributed by atoms with Crippen LogP contribution in [0.4, 0.5) is 11.4 Å². The van der Waals surface area contributed by atoms with Gasteiger partial charge in [-0.3, -0.25) is 4.79 Å². The predicted molar refractivity (Wildman–Crippen MR) is 76.6 cm³/mol. The van der Waals surface area contributed by atoms with Crippen molar-refractivity contribution in [1.29, 1.82) is 0 Å². The maximum atomic E-state index is 12.4. The lowest BCUT2D eigenvalue weighted by atomic mass is 10.1. The van der Waals surface area contributed by atoms with Gasteiger partial charge in [-0.1, -0.05) is 18.2 Å². The quantitative estimate of drug-likeness (QED) is 0.859. The van der Waals surface area contributed by atoms with Crippen molar-refractivity contribution in [2.24, 2.45) is 0 Å². The molecule has 0 atom stereocenters. The molecule has 0 saturated carbocycles. The van der Waals surface area contributed by atoms with Gasteiger partial charge >= 0.3 is 0 Å². The summed E-state index contributed by atoms with van der Waals surface area (Å²) in [7, 11) is 3.27. The molecule has 2 aromatic carbocycles. The van der Waals surface area contributed by atoms with Gasteiger partial charge in [0.1, 0.15) is 5.75 Å². The van der Waals surface area contributed by atoms with E-state index in [1.165, 1.54) is 7.11 Å². The molecular weight excluding hydrogens is 240 g/mol. The van der Waals surface area contributed by atoms with Crippen LogP contribution >= 0.6 is 0 Å². The van der Waals surface area contributed by atoms with Crippen molar-refractivity contribution < 1.29 is 9.53 Å². The molecule has 2 rings (SSSR count). The van der Waals surface area contributed by atoms with Gasteiger partial charge in [0.05, 0.1) is 12.8 Å². The number of ether oxygens (including phenoxy) is 1. The van der Waals surface area contributed by atoms with Gasteiger partial charge in [-0.25, -0.2) is 0 Å². The number of benzene rings is 2. The molecule has 98 valence electrons. The number of carbonyl (C=O) groups is 1. The van der Waals surface area contributed by atoms with E-state index in [1.807, 2.05) is 30.3 Å². The van der Waals surface area contributed by atoms with Gasteiger partial charge in [-0.15, -0.1) is 0 Å². The van der Waals surface area contributed by atoms with Gasteiger partial charge in [0.15, 0.2) is 0 Å². The van der Waals surface area contributed by atoms with Crippen LogP contribution in [0.5, 0.6) is 5.75 Å². The van der Waals surface area contributed by atoms with Gasteiger partial charge in [0.2, 0.25) is 0 Å². The van der Waals surface area contributed by atoms with Crippen molar-refractivity contribution in [3.05, 3.63) is 54.1 Å². The highest BCUT2D eigenvalue weighted by Gasteiger charge is 2.14. The van der Waals surface area contributed by atoms with Crippen molar-refractivity contribution in [3.63, 3.8) is 0 Å². The number of methoxy groups -OCH3 is 1. The Morgan fingerprint density at radius 1 is 1.16 bits per heavy atom. The smallest absolute Gasteiger partial charge is 0.258 e. The summed E-state index contributed by atoms with van der Waals surface area (Å²) >= 11 is 0. The van der Waals surface area contributed by atoms with E-state index in [9.17, 15) is 4.79 Å². The van der Waals surface area contributed by atoms with Crippen LogP contribution in [0.1, 0.15) is 10.4 Å². The second-order valence-electron chi connectivity index (χ2n) is 4.16. The van der Waals surface area contributed by atoms with Crippen LogP contribution in [0.3, 0.4) is 0 Å². The maximum Gasteiger partial charge on any atom is 0.258 e. The van der Waals surface area contributed by atoms with Crippen molar-refractivity contribution >= 4 is 17.3 Å². The molecule has 0 radical (unpaired) electrons. The molecular formula is C15H16N2O2. The van der Waals surface area contributed by atoms with Gasteiger partial charge in [0, 0.05) is 18.3 Å². The van der Waals surface area contributed by atoms with Crippen LogP contribution < -0.4 is 15.4 Å². The molecule has 0 spiro atoms. The third-order valence-electron chi connectivity index (χ3n) is 2.93. The molecule has 0 unspecified atom stereocenters. The first kappa shape index (κ1) is 13.0. The Morgan fingerprint density at radius 2 is 1.84 bits per heavy atom. The van der Waals surface area contributed by atoms with Gasteiger partial charge in [0.25, 0.3) is 5.91 Å². The van der Waals surface area contributed by atoms with Crippen LogP contribution in [0.25, 0.3) is 0 Å². The van der Waals surface area contributed by atoms with E-state index in [0.717, 1.165) is 5.69 Å². The molecule has 4 heteroatoms. The Bertz CT molecular complexity index is 582. The van der Waals surface area contributed by atoms with E-state index < -0.39 is 0 Å². The Labute approximate surface area is 112 Å². The van der Waals surface area contributed by atoms with E-state index in [4.69, 9.17) is 10.5 Å². The fourth-order valence-corrected chi connectivity index (χ4v) is 1.81. The van der Waals surface area contributed by atoms with Crippen LogP contribution in [0, 0.1) is 0 Å². The SMILES string of the molecule is COc1cc(C(=O)N(C)c2ccccc2)ccc1N. The number of hydrogen-bond donors (Lipinski definition) is 1. The normalized spacial score (nSPS) is 10.0. The van der Waals surface area contributed by atoms with Crippen LogP contribution in [-0.4, -0.2) is 20.1 Å². The molecule has 0 aliphatic carbocycles. The zero-order valence-corrected chi connectivity index (χ0v) is 11.0. The number of nitrogen functional groups attached to an aromatic ring is 1. The minimum atomic E-state index is -0.107. The van der Waals surface area contributed by atoms with E-state index >= 15 is 0 Å². The molecule has 0 aliphatic heterocycles. The Kier molecular flexibility index (Phi) is 3.71. The fourth-order valence-electron chi connectivity index (χ4n) is 1.81. The van der Waals surface area contributed by atoms with E-state index in [-0.39, 0.29) is 5.91 Å². The monoisotopic (exact) mass is 256 g/mol. The number of amides is 1. The molecule has 19 heavy (non-hydrogen) atoms. The number of nitrogens with two attached hydrogens (primary N) is 1. The molecule has 0 aliphatic rings. The van der Waals surface area contributed by atoms with Gasteiger partial charge in [-0.05, 0) is 30.3 Å². The third-order valence-corrected chi connectivity index (χ3v) is 2.93. The minimum absolute atomic E-state index is 0.107. The standard InChI is InChI=1S/C15H16N2O2/c1-17(12-6-4-3-5-7-12)15(18)11-8-9-13(16)14(10-11)19-2/h3-10H,16H2,1-2H3. The number of anilines is 2. The average Bonchev–Trinajstić information content (AvgIpc) is 2.47. The molecule has 2 aromatic rings. The summed E-state index contributed by atoms with van der Waals surface area (Å²) in [5.41, 5.74) is 7.63. The number of nitrogens with zero attached hydrogens (tertiary/aromatic N) is 1. The first-order chi connectivity index (χ1) is 9.13. The summed E-state index contributed by atoms with van der Waals surface area (Å²) in [5, 5.41) is 0. The first-order valence-corrected chi connectivity index (χ1v) is 5.90. The van der Waals surface area contributed by atoms with Crippen molar-refractivity contribution in [2.45, 2.75) is 0 Å². The number of carbonyl (C=O) groups excluding carboxylic acids is 1. The predicted octanol–water partition coefficient (Wildman–Crippen LogP) is 2.55. The van der Waals surface area contributed by atoms with E-state index in [0.29, 0.717) is 17.0 Å². The molecule has 2 N–H and O–H groups in total. The molecule has 0 saturated heterocycles. The lowest BCUT2D eigenvalue weighted by Gasteiger charge is -2.18. The first-order valence-electron chi connectivity index (χ1n) is 5.90. The number of para-hydroxylation sites is 1. The molecule has 0 heterocycles. The summed E-state index contributed by atoms with van der Waals surface area (Å²) in [5.74, 6) is 0.400.